The van der Waals surface area contributed by atoms with E-state index in [2.05, 4.69) is 10.3 Å². The van der Waals surface area contributed by atoms with E-state index >= 15 is 0 Å². The summed E-state index contributed by atoms with van der Waals surface area (Å²) in [6.45, 7) is 4.04. The predicted octanol–water partition coefficient (Wildman–Crippen LogP) is 1.80. The number of carbonyl (C=O) groups excluding carboxylic acids is 1. The molecule has 0 aliphatic carbocycles. The molecule has 0 radical (unpaired) electrons. The molecular weight excluding hydrogens is 188 g/mol. The highest BCUT2D eigenvalue weighted by Crippen LogP contribution is 2.39. The Bertz CT molecular complexity index is 447. The van der Waals surface area contributed by atoms with Crippen molar-refractivity contribution in [3.05, 3.63) is 29.8 Å². The third-order valence-corrected chi connectivity index (χ3v) is 2.84. The van der Waals surface area contributed by atoms with E-state index in [-0.39, 0.29) is 11.3 Å². The number of fused-ring (bicyclic) bond motifs is 1. The first-order valence-electron chi connectivity index (χ1n) is 4.98. The second-order valence-corrected chi connectivity index (χ2v) is 4.18. The summed E-state index contributed by atoms with van der Waals surface area (Å²) in [4.78, 5) is 16.0. The lowest BCUT2D eigenvalue weighted by atomic mass is 9.81. The Morgan fingerprint density at radius 2 is 2.00 bits per heavy atom. The fraction of sp³-hybridized carbons (Fsp3) is 0.333. The van der Waals surface area contributed by atoms with Gasteiger partial charge in [0, 0.05) is 12.5 Å². The molecule has 1 aromatic rings. The molecule has 0 saturated heterocycles. The van der Waals surface area contributed by atoms with E-state index in [4.69, 9.17) is 0 Å². The molecular formula is C12H14N2O. The number of benzene rings is 1. The van der Waals surface area contributed by atoms with E-state index in [1.165, 1.54) is 0 Å². The minimum atomic E-state index is -0.295. The number of hydrogen-bond donors (Lipinski definition) is 1. The van der Waals surface area contributed by atoms with Gasteiger partial charge in [-0.05, 0) is 25.5 Å². The lowest BCUT2D eigenvalue weighted by Gasteiger charge is -2.20. The fourth-order valence-electron chi connectivity index (χ4n) is 1.94. The number of carbonyl (C=O) groups is 1. The molecule has 15 heavy (non-hydrogen) atoms. The number of hydrogen-bond acceptors (Lipinski definition) is 2. The first kappa shape index (κ1) is 9.90. The van der Waals surface area contributed by atoms with Gasteiger partial charge in [-0.3, -0.25) is 4.79 Å². The van der Waals surface area contributed by atoms with Crippen LogP contribution in [0.5, 0.6) is 0 Å². The van der Waals surface area contributed by atoms with Crippen LogP contribution in [0.2, 0.25) is 0 Å². The molecule has 3 heteroatoms. The van der Waals surface area contributed by atoms with Gasteiger partial charge in [-0.25, -0.2) is 4.99 Å². The quantitative estimate of drug-likeness (QED) is 0.741. The van der Waals surface area contributed by atoms with Crippen molar-refractivity contribution in [2.24, 2.45) is 4.99 Å². The molecule has 2 rings (SSSR count). The van der Waals surface area contributed by atoms with Gasteiger partial charge in [0.1, 0.15) is 5.71 Å². The zero-order valence-electron chi connectivity index (χ0n) is 9.16. The average molecular weight is 202 g/mol. The summed E-state index contributed by atoms with van der Waals surface area (Å²) in [7, 11) is 1.63. The van der Waals surface area contributed by atoms with Gasteiger partial charge >= 0.3 is 0 Å². The van der Waals surface area contributed by atoms with Gasteiger partial charge in [0.05, 0.1) is 5.69 Å². The molecule has 0 atom stereocenters. The van der Waals surface area contributed by atoms with Gasteiger partial charge in [0.15, 0.2) is 0 Å². The summed E-state index contributed by atoms with van der Waals surface area (Å²) in [6, 6.07) is 7.87. The molecule has 0 bridgehead atoms. The van der Waals surface area contributed by atoms with Crippen LogP contribution in [0, 0.1) is 0 Å². The summed E-state index contributed by atoms with van der Waals surface area (Å²) in [5, 5.41) is 2.63. The lowest BCUT2D eigenvalue weighted by Crippen LogP contribution is -2.38. The second-order valence-electron chi connectivity index (χ2n) is 4.18. The van der Waals surface area contributed by atoms with E-state index < -0.39 is 0 Å². The third-order valence-electron chi connectivity index (χ3n) is 2.84. The zero-order chi connectivity index (χ0) is 11.1. The van der Waals surface area contributed by atoms with Crippen LogP contribution in [0.25, 0.3) is 0 Å². The maximum absolute atomic E-state index is 11.7. The predicted molar refractivity (Wildman–Crippen MR) is 60.6 cm³/mol. The van der Waals surface area contributed by atoms with Crippen molar-refractivity contribution >= 4 is 17.3 Å². The Morgan fingerprint density at radius 3 is 2.60 bits per heavy atom. The van der Waals surface area contributed by atoms with Crippen LogP contribution in [0.15, 0.2) is 29.3 Å². The van der Waals surface area contributed by atoms with Gasteiger partial charge in [0.2, 0.25) is 0 Å². The molecule has 1 aliphatic heterocycles. The molecule has 0 fully saturated rings. The highest BCUT2D eigenvalue weighted by molar-refractivity contribution is 6.43. The Balaban J connectivity index is 2.53. The minimum absolute atomic E-state index is 0.101. The molecule has 0 unspecified atom stereocenters. The normalized spacial score (nSPS) is 16.9. The fourth-order valence-corrected chi connectivity index (χ4v) is 1.94. The standard InChI is InChI=1S/C12H14N2O/c1-12(2)8-6-4-5-7-9(8)14-10(12)11(15)13-3/h4-7H,1-3H3,(H,13,15). The maximum Gasteiger partial charge on any atom is 0.266 e. The van der Waals surface area contributed by atoms with E-state index in [0.29, 0.717) is 5.71 Å². The summed E-state index contributed by atoms with van der Waals surface area (Å²) in [5.41, 5.74) is 2.31. The van der Waals surface area contributed by atoms with Crippen LogP contribution in [-0.2, 0) is 10.2 Å². The van der Waals surface area contributed by atoms with Crippen molar-refractivity contribution in [3.63, 3.8) is 0 Å². The number of aliphatic imine (C=N–C) groups is 1. The smallest absolute Gasteiger partial charge is 0.266 e. The molecule has 3 nitrogen and oxygen atoms in total. The first-order chi connectivity index (χ1) is 7.07. The number of para-hydroxylation sites is 1. The Kier molecular flexibility index (Phi) is 2.11. The van der Waals surface area contributed by atoms with Crippen LogP contribution in [0.1, 0.15) is 19.4 Å². The van der Waals surface area contributed by atoms with Crippen molar-refractivity contribution in [2.75, 3.05) is 7.05 Å². The van der Waals surface area contributed by atoms with E-state index in [9.17, 15) is 4.79 Å². The van der Waals surface area contributed by atoms with Crippen molar-refractivity contribution in [2.45, 2.75) is 19.3 Å². The number of rotatable bonds is 1. The van der Waals surface area contributed by atoms with E-state index in [0.717, 1.165) is 11.3 Å². The maximum atomic E-state index is 11.7. The number of nitrogens with one attached hydrogen (secondary N) is 1. The average Bonchev–Trinajstić information content (AvgIpc) is 2.51. The molecule has 1 amide bonds. The summed E-state index contributed by atoms with van der Waals surface area (Å²) >= 11 is 0. The molecule has 78 valence electrons. The van der Waals surface area contributed by atoms with Crippen LogP contribution < -0.4 is 5.32 Å². The molecule has 0 saturated carbocycles. The Hall–Kier alpha value is -1.64. The molecule has 1 N–H and O–H groups in total. The van der Waals surface area contributed by atoms with E-state index in [1.807, 2.05) is 38.1 Å². The Morgan fingerprint density at radius 1 is 1.33 bits per heavy atom. The molecule has 1 aromatic carbocycles. The summed E-state index contributed by atoms with van der Waals surface area (Å²) < 4.78 is 0. The van der Waals surface area contributed by atoms with Crippen LogP contribution in [0.4, 0.5) is 5.69 Å². The van der Waals surface area contributed by atoms with Crippen molar-refractivity contribution in [1.82, 2.24) is 5.32 Å². The van der Waals surface area contributed by atoms with Crippen LogP contribution in [-0.4, -0.2) is 18.7 Å². The minimum Gasteiger partial charge on any atom is -0.354 e. The largest absolute Gasteiger partial charge is 0.354 e. The summed E-state index contributed by atoms with van der Waals surface area (Å²) in [5.74, 6) is -0.101. The second kappa shape index (κ2) is 3.19. The zero-order valence-corrected chi connectivity index (χ0v) is 9.16. The third kappa shape index (κ3) is 1.35. The number of amides is 1. The summed E-state index contributed by atoms with van der Waals surface area (Å²) in [6.07, 6.45) is 0. The SMILES string of the molecule is CNC(=O)C1=Nc2ccccc2C1(C)C. The number of nitrogens with zero attached hydrogens (tertiary/aromatic N) is 1. The first-order valence-corrected chi connectivity index (χ1v) is 4.98. The van der Waals surface area contributed by atoms with Crippen molar-refractivity contribution in [1.29, 1.82) is 0 Å². The molecule has 1 aliphatic rings. The Labute approximate surface area is 89.2 Å². The highest BCUT2D eigenvalue weighted by atomic mass is 16.1. The van der Waals surface area contributed by atoms with Crippen molar-refractivity contribution in [3.8, 4) is 0 Å². The highest BCUT2D eigenvalue weighted by Gasteiger charge is 2.38. The lowest BCUT2D eigenvalue weighted by molar-refractivity contribution is -0.114. The monoisotopic (exact) mass is 202 g/mol. The van der Waals surface area contributed by atoms with Gasteiger partial charge in [-0.15, -0.1) is 0 Å². The van der Waals surface area contributed by atoms with E-state index in [1.54, 1.807) is 7.05 Å². The molecule has 1 heterocycles. The topological polar surface area (TPSA) is 41.5 Å². The van der Waals surface area contributed by atoms with Crippen molar-refractivity contribution < 1.29 is 4.79 Å². The van der Waals surface area contributed by atoms with Gasteiger partial charge in [0.25, 0.3) is 5.91 Å². The molecule has 0 spiro atoms. The molecule has 0 aromatic heterocycles. The van der Waals surface area contributed by atoms with Crippen LogP contribution >= 0.6 is 0 Å². The van der Waals surface area contributed by atoms with Gasteiger partial charge < -0.3 is 5.32 Å². The van der Waals surface area contributed by atoms with Gasteiger partial charge in [-0.2, -0.15) is 0 Å². The van der Waals surface area contributed by atoms with Crippen LogP contribution in [0.3, 0.4) is 0 Å². The van der Waals surface area contributed by atoms with Gasteiger partial charge in [-0.1, -0.05) is 18.2 Å².